The Labute approximate surface area is 307 Å². The lowest BCUT2D eigenvalue weighted by Crippen LogP contribution is -2.40. The number of anilines is 1. The zero-order valence-electron chi connectivity index (χ0n) is 30.8. The molecule has 0 bridgehead atoms. The van der Waals surface area contributed by atoms with Gasteiger partial charge in [-0.2, -0.15) is 8.42 Å². The van der Waals surface area contributed by atoms with E-state index in [1.807, 2.05) is 23.1 Å². The fourth-order valence-electron chi connectivity index (χ4n) is 7.55. The number of nitrogens with one attached hydrogen (secondary N) is 1. The third kappa shape index (κ3) is 10.6. The van der Waals surface area contributed by atoms with Crippen molar-refractivity contribution in [2.75, 3.05) is 38.3 Å². The largest absolute Gasteiger partial charge is 0.492 e. The molecular formula is C40H56FN3O7S. The molecule has 3 aromatic rings. The predicted molar refractivity (Wildman–Crippen MR) is 204 cm³/mol. The van der Waals surface area contributed by atoms with Gasteiger partial charge in [0.2, 0.25) is 5.43 Å². The number of nitrogens with zero attached hydrogens (tertiary/aromatic N) is 2. The number of piperidine rings is 1. The molecule has 2 atom stereocenters. The van der Waals surface area contributed by atoms with Gasteiger partial charge in [0.1, 0.15) is 17.0 Å². The van der Waals surface area contributed by atoms with E-state index in [1.165, 1.54) is 70.7 Å². The van der Waals surface area contributed by atoms with Crippen molar-refractivity contribution in [3.63, 3.8) is 0 Å². The highest BCUT2D eigenvalue weighted by Gasteiger charge is 2.38. The van der Waals surface area contributed by atoms with Gasteiger partial charge >= 0.3 is 5.97 Å². The molecule has 12 heteroatoms. The van der Waals surface area contributed by atoms with Gasteiger partial charge in [-0.1, -0.05) is 95.0 Å². The Bertz CT molecular complexity index is 1780. The number of rotatable bonds is 18. The normalized spacial score (nSPS) is 18.6. The molecule has 0 unspecified atom stereocenters. The van der Waals surface area contributed by atoms with Crippen LogP contribution in [-0.4, -0.2) is 63.5 Å². The molecule has 2 aliphatic heterocycles. The number of halogens is 1. The van der Waals surface area contributed by atoms with E-state index in [9.17, 15) is 23.1 Å². The highest BCUT2D eigenvalue weighted by molar-refractivity contribution is 7.85. The van der Waals surface area contributed by atoms with Crippen LogP contribution in [0.15, 0.2) is 47.4 Å². The van der Waals surface area contributed by atoms with Crippen molar-refractivity contribution in [1.82, 2.24) is 9.88 Å². The lowest BCUT2D eigenvalue weighted by atomic mass is 9.94. The molecule has 0 spiro atoms. The molecule has 1 aromatic heterocycles. The summed E-state index contributed by atoms with van der Waals surface area (Å²) in [6.45, 7) is 4.95. The maximum absolute atomic E-state index is 15.3. The average molecular weight is 742 g/mol. The summed E-state index contributed by atoms with van der Waals surface area (Å²) < 4.78 is 51.5. The van der Waals surface area contributed by atoms with Crippen molar-refractivity contribution in [2.45, 2.75) is 115 Å². The molecule has 52 heavy (non-hydrogen) atoms. The van der Waals surface area contributed by atoms with E-state index in [4.69, 9.17) is 8.92 Å². The molecule has 3 aliphatic rings. The number of carboxylic acids is 1. The van der Waals surface area contributed by atoms with Crippen molar-refractivity contribution < 1.29 is 31.6 Å². The van der Waals surface area contributed by atoms with E-state index in [0.29, 0.717) is 42.1 Å². The first-order valence-corrected chi connectivity index (χ1v) is 20.8. The second-order valence-electron chi connectivity index (χ2n) is 14.5. The lowest BCUT2D eigenvalue weighted by molar-refractivity contribution is 0.0694. The van der Waals surface area contributed by atoms with Crippen molar-refractivity contribution in [2.24, 2.45) is 5.92 Å². The minimum Gasteiger partial charge on any atom is -0.492 e. The summed E-state index contributed by atoms with van der Waals surface area (Å²) in [5.41, 5.74) is 0.618. The molecule has 1 saturated carbocycles. The van der Waals surface area contributed by atoms with Gasteiger partial charge in [0.15, 0.2) is 11.6 Å². The molecule has 6 rings (SSSR count). The Kier molecular flexibility index (Phi) is 14.5. The van der Waals surface area contributed by atoms with Gasteiger partial charge in [-0.15, -0.1) is 0 Å². The number of aromatic nitrogens is 1. The SMILES string of the molecule is CCCCCCCCCCCCOS(=O)(=O)Cc1ccccc1.COc1c(N2C[C@@H]3CCCN[C@@H]3C2)c(F)cc2c(=O)c(C(=O)O)cn(C3CC3)c12. The summed E-state index contributed by atoms with van der Waals surface area (Å²) in [7, 11) is -1.97. The molecule has 3 heterocycles. The van der Waals surface area contributed by atoms with Crippen LogP contribution in [0.3, 0.4) is 0 Å². The molecule has 286 valence electrons. The average Bonchev–Trinajstić information content (AvgIpc) is 3.88. The molecular weight excluding hydrogens is 686 g/mol. The third-order valence-corrected chi connectivity index (χ3v) is 11.6. The number of benzene rings is 2. The van der Waals surface area contributed by atoms with Gasteiger partial charge in [-0.3, -0.25) is 8.98 Å². The van der Waals surface area contributed by atoms with E-state index in [0.717, 1.165) is 57.2 Å². The maximum Gasteiger partial charge on any atom is 0.341 e. The summed E-state index contributed by atoms with van der Waals surface area (Å²) in [6.07, 6.45) is 17.7. The minimum atomic E-state index is -3.44. The molecule has 0 amide bonds. The first-order valence-electron chi connectivity index (χ1n) is 19.2. The van der Waals surface area contributed by atoms with Crippen LogP contribution in [0.4, 0.5) is 10.1 Å². The van der Waals surface area contributed by atoms with Gasteiger partial charge in [-0.05, 0) is 56.2 Å². The zero-order valence-corrected chi connectivity index (χ0v) is 31.6. The first-order chi connectivity index (χ1) is 25.1. The van der Waals surface area contributed by atoms with Crippen molar-refractivity contribution in [3.05, 3.63) is 69.8 Å². The first kappa shape index (κ1) is 39.7. The Morgan fingerprint density at radius 2 is 1.65 bits per heavy atom. The number of carbonyl (C=O) groups is 1. The van der Waals surface area contributed by atoms with Crippen LogP contribution in [0.2, 0.25) is 0 Å². The highest BCUT2D eigenvalue weighted by Crippen LogP contribution is 2.45. The molecule has 0 radical (unpaired) electrons. The topological polar surface area (TPSA) is 127 Å². The number of hydrogen-bond acceptors (Lipinski definition) is 8. The number of hydrogen-bond donors (Lipinski definition) is 2. The van der Waals surface area contributed by atoms with Gasteiger partial charge in [0.25, 0.3) is 10.1 Å². The molecule has 1 aliphatic carbocycles. The van der Waals surface area contributed by atoms with Gasteiger partial charge < -0.3 is 24.6 Å². The molecule has 10 nitrogen and oxygen atoms in total. The second-order valence-corrected chi connectivity index (χ2v) is 16.2. The van der Waals surface area contributed by atoms with Gasteiger partial charge in [-0.25, -0.2) is 9.18 Å². The van der Waals surface area contributed by atoms with E-state index in [2.05, 4.69) is 12.2 Å². The highest BCUT2D eigenvalue weighted by atomic mass is 32.2. The van der Waals surface area contributed by atoms with E-state index in [-0.39, 0.29) is 22.7 Å². The number of aromatic carboxylic acids is 1. The van der Waals surface area contributed by atoms with Crippen LogP contribution < -0.4 is 20.4 Å². The number of unbranched alkanes of at least 4 members (excludes halogenated alkanes) is 9. The van der Waals surface area contributed by atoms with Crippen molar-refractivity contribution in [3.8, 4) is 5.75 Å². The van der Waals surface area contributed by atoms with Crippen LogP contribution in [-0.2, 0) is 20.1 Å². The number of pyridine rings is 1. The molecule has 3 fully saturated rings. The zero-order chi connectivity index (χ0) is 37.1. The summed E-state index contributed by atoms with van der Waals surface area (Å²) in [4.78, 5) is 26.4. The number of ether oxygens (including phenoxy) is 1. The van der Waals surface area contributed by atoms with Crippen LogP contribution in [0, 0.1) is 11.7 Å². The summed E-state index contributed by atoms with van der Waals surface area (Å²) >= 11 is 0. The number of methoxy groups -OCH3 is 1. The molecule has 2 aromatic carbocycles. The van der Waals surface area contributed by atoms with E-state index >= 15 is 4.39 Å². The second kappa shape index (κ2) is 19.0. The van der Waals surface area contributed by atoms with Crippen molar-refractivity contribution in [1.29, 1.82) is 0 Å². The standard InChI is InChI=1S/C21H24FN3O4.C19H32O3S/c1-29-20-17-13(19(26)14(21(27)28)9-25(17)12-4-5-12)7-15(22)18(20)24-8-11-3-2-6-23-16(11)10-24;1-2-3-4-5-6-7-8-9-10-14-17-22-23(20,21)18-19-15-12-11-13-16-19/h7,9,11-12,16,23H,2-6,8,10H2,1H3,(H,27,28);11-13,15-16H,2-10,14,17-18H2,1H3/t11-,16+;/m0./s1. The molecule has 2 saturated heterocycles. The van der Waals surface area contributed by atoms with Crippen molar-refractivity contribution >= 4 is 32.7 Å². The fraction of sp³-hybridized carbons (Fsp3) is 0.600. The monoisotopic (exact) mass is 741 g/mol. The smallest absolute Gasteiger partial charge is 0.341 e. The minimum absolute atomic E-state index is 0.0361. The molecule has 2 N–H and O–H groups in total. The fourth-order valence-corrected chi connectivity index (χ4v) is 8.60. The van der Waals surface area contributed by atoms with Gasteiger partial charge in [0, 0.05) is 31.4 Å². The third-order valence-electron chi connectivity index (χ3n) is 10.4. The number of fused-ring (bicyclic) bond motifs is 2. The quantitative estimate of drug-likeness (QED) is 0.0991. The number of carboxylic acid groups (broad SMARTS) is 1. The Morgan fingerprint density at radius 1 is 0.981 bits per heavy atom. The van der Waals surface area contributed by atoms with Crippen LogP contribution in [0.1, 0.15) is 119 Å². The Morgan fingerprint density at radius 3 is 2.27 bits per heavy atom. The van der Waals surface area contributed by atoms with E-state index in [1.54, 1.807) is 16.7 Å². The Hall–Kier alpha value is -3.48. The van der Waals surface area contributed by atoms with Crippen LogP contribution >= 0.6 is 0 Å². The lowest BCUT2D eigenvalue weighted by Gasteiger charge is -2.25. The Balaban J connectivity index is 0.000000208. The summed E-state index contributed by atoms with van der Waals surface area (Å²) in [5, 5.41) is 13.0. The summed E-state index contributed by atoms with van der Waals surface area (Å²) in [5.74, 6) is -1.10. The van der Waals surface area contributed by atoms with E-state index < -0.39 is 27.3 Å². The van der Waals surface area contributed by atoms with Crippen LogP contribution in [0.25, 0.3) is 10.9 Å². The van der Waals surface area contributed by atoms with Crippen LogP contribution in [0.5, 0.6) is 5.75 Å². The predicted octanol–water partition coefficient (Wildman–Crippen LogP) is 7.82. The van der Waals surface area contributed by atoms with Gasteiger partial charge in [0.05, 0.1) is 24.6 Å². The maximum atomic E-state index is 15.3. The summed E-state index contributed by atoms with van der Waals surface area (Å²) in [6, 6.07) is 10.8.